The van der Waals surface area contributed by atoms with Crippen molar-refractivity contribution in [3.05, 3.63) is 47.5 Å². The van der Waals surface area contributed by atoms with Gasteiger partial charge in [0.25, 0.3) is 0 Å². The number of esters is 1. The third kappa shape index (κ3) is 2.18. The van der Waals surface area contributed by atoms with Gasteiger partial charge >= 0.3 is 5.97 Å². The molecule has 0 spiro atoms. The lowest BCUT2D eigenvalue weighted by Crippen LogP contribution is -2.42. The minimum absolute atomic E-state index is 0.248. The van der Waals surface area contributed by atoms with Gasteiger partial charge in [0.15, 0.2) is 5.69 Å². The van der Waals surface area contributed by atoms with E-state index < -0.39 is 11.6 Å². The summed E-state index contributed by atoms with van der Waals surface area (Å²) in [6, 6.07) is 8.88. The molecule has 3 rings (SSSR count). The van der Waals surface area contributed by atoms with Crippen molar-refractivity contribution in [3.8, 4) is 11.8 Å². The molecule has 106 valence electrons. The Morgan fingerprint density at radius 3 is 2.81 bits per heavy atom. The summed E-state index contributed by atoms with van der Waals surface area (Å²) in [7, 11) is 0. The second kappa shape index (κ2) is 4.72. The summed E-state index contributed by atoms with van der Waals surface area (Å²) in [6.45, 7) is 1.43. The number of nitriles is 1. The Morgan fingerprint density at radius 1 is 1.48 bits per heavy atom. The summed E-state index contributed by atoms with van der Waals surface area (Å²) in [5.74, 6) is -0.505. The molecule has 1 N–H and O–H groups in total. The molecule has 0 radical (unpaired) electrons. The van der Waals surface area contributed by atoms with Gasteiger partial charge in [0.2, 0.25) is 0 Å². The SMILES string of the molecule is CC1(CO)Cc2ncn(-c3ccc(C#N)cc3)c2C(=O)O1. The van der Waals surface area contributed by atoms with Crippen molar-refractivity contribution in [3.63, 3.8) is 0 Å². The largest absolute Gasteiger partial charge is 0.452 e. The van der Waals surface area contributed by atoms with Gasteiger partial charge in [-0.3, -0.25) is 4.57 Å². The fourth-order valence-corrected chi connectivity index (χ4v) is 2.37. The monoisotopic (exact) mass is 283 g/mol. The lowest BCUT2D eigenvalue weighted by Gasteiger charge is -2.31. The standard InChI is InChI=1S/C15H13N3O3/c1-15(8-19)6-12-13(14(20)21-15)18(9-17-12)11-4-2-10(7-16)3-5-11/h2-5,9,19H,6,8H2,1H3. The molecule has 21 heavy (non-hydrogen) atoms. The number of aliphatic hydroxyl groups excluding tert-OH is 1. The average molecular weight is 283 g/mol. The van der Waals surface area contributed by atoms with Crippen molar-refractivity contribution in [2.24, 2.45) is 0 Å². The van der Waals surface area contributed by atoms with E-state index in [1.165, 1.54) is 0 Å². The summed E-state index contributed by atoms with van der Waals surface area (Å²) in [6.07, 6.45) is 1.92. The van der Waals surface area contributed by atoms with E-state index in [-0.39, 0.29) is 6.61 Å². The highest BCUT2D eigenvalue weighted by Gasteiger charge is 2.39. The van der Waals surface area contributed by atoms with Gasteiger partial charge < -0.3 is 9.84 Å². The maximum Gasteiger partial charge on any atom is 0.357 e. The molecule has 0 amide bonds. The van der Waals surface area contributed by atoms with Crippen LogP contribution >= 0.6 is 0 Å². The molecular weight excluding hydrogens is 270 g/mol. The number of benzene rings is 1. The molecule has 0 saturated heterocycles. The Balaban J connectivity index is 2.04. The molecule has 1 aliphatic heterocycles. The Labute approximate surface area is 121 Å². The molecule has 1 unspecified atom stereocenters. The highest BCUT2D eigenvalue weighted by Crippen LogP contribution is 2.28. The van der Waals surface area contributed by atoms with Gasteiger partial charge in [-0.2, -0.15) is 5.26 Å². The summed E-state index contributed by atoms with van der Waals surface area (Å²) < 4.78 is 6.95. The zero-order valence-electron chi connectivity index (χ0n) is 11.4. The zero-order chi connectivity index (χ0) is 15.0. The highest BCUT2D eigenvalue weighted by molar-refractivity contribution is 5.91. The molecule has 1 aliphatic rings. The van der Waals surface area contributed by atoms with Crippen LogP contribution in [0, 0.1) is 11.3 Å². The Bertz CT molecular complexity index is 743. The average Bonchev–Trinajstić information content (AvgIpc) is 2.91. The second-order valence-electron chi connectivity index (χ2n) is 5.24. The topological polar surface area (TPSA) is 88.1 Å². The number of aliphatic hydroxyl groups is 1. The van der Waals surface area contributed by atoms with Crippen molar-refractivity contribution in [1.29, 1.82) is 5.26 Å². The first-order chi connectivity index (χ1) is 10.1. The fraction of sp³-hybridized carbons (Fsp3) is 0.267. The lowest BCUT2D eigenvalue weighted by molar-refractivity contribution is -0.0434. The van der Waals surface area contributed by atoms with Crippen LogP contribution in [0.15, 0.2) is 30.6 Å². The number of hydrogen-bond donors (Lipinski definition) is 1. The molecule has 0 bridgehead atoms. The lowest BCUT2D eigenvalue weighted by atomic mass is 9.97. The number of carbonyl (C=O) groups is 1. The van der Waals surface area contributed by atoms with Crippen LogP contribution in [0.1, 0.15) is 28.7 Å². The van der Waals surface area contributed by atoms with E-state index >= 15 is 0 Å². The van der Waals surface area contributed by atoms with Crippen molar-refractivity contribution < 1.29 is 14.6 Å². The number of carbonyl (C=O) groups excluding carboxylic acids is 1. The van der Waals surface area contributed by atoms with Crippen molar-refractivity contribution in [2.75, 3.05) is 6.61 Å². The Hall–Kier alpha value is -2.65. The zero-order valence-corrected chi connectivity index (χ0v) is 11.4. The van der Waals surface area contributed by atoms with Crippen LogP contribution in [-0.4, -0.2) is 32.8 Å². The summed E-state index contributed by atoms with van der Waals surface area (Å²) in [5, 5.41) is 18.1. The molecule has 2 heterocycles. The summed E-state index contributed by atoms with van der Waals surface area (Å²) >= 11 is 0. The molecule has 2 aromatic rings. The van der Waals surface area contributed by atoms with Crippen molar-refractivity contribution >= 4 is 5.97 Å². The van der Waals surface area contributed by atoms with Gasteiger partial charge in [-0.1, -0.05) is 0 Å². The maximum atomic E-state index is 12.2. The van der Waals surface area contributed by atoms with E-state index in [1.54, 1.807) is 42.1 Å². The predicted octanol–water partition coefficient (Wildman–Crippen LogP) is 1.21. The van der Waals surface area contributed by atoms with Crippen LogP contribution in [0.3, 0.4) is 0 Å². The number of imidazole rings is 1. The van der Waals surface area contributed by atoms with Crippen molar-refractivity contribution in [2.45, 2.75) is 18.9 Å². The normalized spacial score (nSPS) is 20.5. The Kier molecular flexibility index (Phi) is 3.00. The van der Waals surface area contributed by atoms with Gasteiger partial charge in [-0.25, -0.2) is 9.78 Å². The molecule has 1 atom stereocenters. The van der Waals surface area contributed by atoms with Crippen LogP contribution in [0.4, 0.5) is 0 Å². The number of cyclic esters (lactones) is 1. The first kappa shape index (κ1) is 13.3. The minimum Gasteiger partial charge on any atom is -0.452 e. The number of rotatable bonds is 2. The predicted molar refractivity (Wildman–Crippen MR) is 72.9 cm³/mol. The van der Waals surface area contributed by atoms with E-state index in [0.29, 0.717) is 23.4 Å². The molecule has 0 saturated carbocycles. The van der Waals surface area contributed by atoms with Gasteiger partial charge in [-0.15, -0.1) is 0 Å². The van der Waals surface area contributed by atoms with E-state index in [4.69, 9.17) is 10.00 Å². The highest BCUT2D eigenvalue weighted by atomic mass is 16.6. The Morgan fingerprint density at radius 2 is 2.19 bits per heavy atom. The number of ether oxygens (including phenoxy) is 1. The molecule has 6 heteroatoms. The van der Waals surface area contributed by atoms with Crippen LogP contribution in [-0.2, 0) is 11.2 Å². The first-order valence-corrected chi connectivity index (χ1v) is 6.47. The minimum atomic E-state index is -0.923. The van der Waals surface area contributed by atoms with Crippen LogP contribution in [0.5, 0.6) is 0 Å². The smallest absolute Gasteiger partial charge is 0.357 e. The van der Waals surface area contributed by atoms with Crippen molar-refractivity contribution in [1.82, 2.24) is 9.55 Å². The first-order valence-electron chi connectivity index (χ1n) is 6.47. The van der Waals surface area contributed by atoms with E-state index in [2.05, 4.69) is 4.98 Å². The van der Waals surface area contributed by atoms with Crippen LogP contribution < -0.4 is 0 Å². The molecular formula is C15H13N3O3. The maximum absolute atomic E-state index is 12.2. The summed E-state index contributed by atoms with van der Waals surface area (Å²) in [5.41, 5.74) is 1.32. The van der Waals surface area contributed by atoms with E-state index in [0.717, 1.165) is 5.69 Å². The molecule has 1 aromatic heterocycles. The van der Waals surface area contributed by atoms with Gasteiger partial charge in [0.05, 0.1) is 23.9 Å². The second-order valence-corrected chi connectivity index (χ2v) is 5.24. The molecule has 0 aliphatic carbocycles. The fourth-order valence-electron chi connectivity index (χ4n) is 2.37. The summed E-state index contributed by atoms with van der Waals surface area (Å²) in [4.78, 5) is 16.4. The number of hydrogen-bond acceptors (Lipinski definition) is 5. The quantitative estimate of drug-likeness (QED) is 0.837. The number of nitrogens with zero attached hydrogens (tertiary/aromatic N) is 3. The van der Waals surface area contributed by atoms with Crippen LogP contribution in [0.2, 0.25) is 0 Å². The van der Waals surface area contributed by atoms with E-state index in [1.807, 2.05) is 6.07 Å². The van der Waals surface area contributed by atoms with Gasteiger partial charge in [-0.05, 0) is 31.2 Å². The molecule has 1 aromatic carbocycles. The third-order valence-electron chi connectivity index (χ3n) is 3.53. The van der Waals surface area contributed by atoms with Crippen LogP contribution in [0.25, 0.3) is 5.69 Å². The number of aromatic nitrogens is 2. The number of fused-ring (bicyclic) bond motifs is 1. The van der Waals surface area contributed by atoms with Gasteiger partial charge in [0, 0.05) is 12.1 Å². The molecule has 0 fully saturated rings. The van der Waals surface area contributed by atoms with E-state index in [9.17, 15) is 9.90 Å². The third-order valence-corrected chi connectivity index (χ3v) is 3.53. The van der Waals surface area contributed by atoms with Gasteiger partial charge in [0.1, 0.15) is 11.9 Å². The molecule has 6 nitrogen and oxygen atoms in total.